The van der Waals surface area contributed by atoms with E-state index < -0.39 is 11.4 Å². The van der Waals surface area contributed by atoms with E-state index in [2.05, 4.69) is 18.7 Å². The lowest BCUT2D eigenvalue weighted by Crippen LogP contribution is -2.44. The maximum atomic E-state index is 11.3. The number of hydrogen-bond acceptors (Lipinski definition) is 2. The van der Waals surface area contributed by atoms with Gasteiger partial charge in [-0.05, 0) is 51.1 Å². The van der Waals surface area contributed by atoms with E-state index in [1.54, 1.807) is 0 Å². The molecule has 1 atom stereocenters. The Morgan fingerprint density at radius 1 is 1.41 bits per heavy atom. The van der Waals surface area contributed by atoms with Gasteiger partial charge in [-0.25, -0.2) is 0 Å². The highest BCUT2D eigenvalue weighted by molar-refractivity contribution is 5.74. The second kappa shape index (κ2) is 5.85. The monoisotopic (exact) mass is 241 g/mol. The van der Waals surface area contributed by atoms with Crippen molar-refractivity contribution >= 4 is 5.97 Å². The van der Waals surface area contributed by atoms with E-state index in [1.165, 1.54) is 12.8 Å². The normalized spacial score (nSPS) is 22.6. The molecule has 0 saturated carbocycles. The summed E-state index contributed by atoms with van der Waals surface area (Å²) in [5.41, 5.74) is -0.579. The predicted molar refractivity (Wildman–Crippen MR) is 70.0 cm³/mol. The molecule has 0 aromatic heterocycles. The van der Waals surface area contributed by atoms with Gasteiger partial charge in [0.15, 0.2) is 0 Å². The van der Waals surface area contributed by atoms with Gasteiger partial charge in [0.2, 0.25) is 0 Å². The number of piperidine rings is 1. The molecule has 1 N–H and O–H groups in total. The van der Waals surface area contributed by atoms with Gasteiger partial charge in [0, 0.05) is 6.54 Å². The molecule has 3 nitrogen and oxygen atoms in total. The van der Waals surface area contributed by atoms with Crippen LogP contribution in [0.4, 0.5) is 0 Å². The lowest BCUT2D eigenvalue weighted by atomic mass is 9.83. The van der Waals surface area contributed by atoms with Gasteiger partial charge in [0.05, 0.1) is 5.41 Å². The average Bonchev–Trinajstić information content (AvgIpc) is 2.29. The van der Waals surface area contributed by atoms with Crippen molar-refractivity contribution < 1.29 is 9.90 Å². The molecule has 1 rings (SSSR count). The first kappa shape index (κ1) is 14.5. The zero-order valence-electron chi connectivity index (χ0n) is 11.7. The van der Waals surface area contributed by atoms with Crippen LogP contribution in [0.1, 0.15) is 47.0 Å². The quantitative estimate of drug-likeness (QED) is 0.804. The summed E-state index contributed by atoms with van der Waals surface area (Å²) in [4.78, 5) is 13.6. The van der Waals surface area contributed by atoms with Gasteiger partial charge in [-0.1, -0.05) is 20.8 Å². The fourth-order valence-corrected chi connectivity index (χ4v) is 2.60. The number of rotatable bonds is 5. The molecule has 0 aromatic carbocycles. The van der Waals surface area contributed by atoms with Crippen molar-refractivity contribution in [2.24, 2.45) is 17.3 Å². The largest absolute Gasteiger partial charge is 0.481 e. The summed E-state index contributed by atoms with van der Waals surface area (Å²) in [5.74, 6) is 0.920. The summed E-state index contributed by atoms with van der Waals surface area (Å²) < 4.78 is 0. The Labute approximate surface area is 105 Å². The molecule has 17 heavy (non-hydrogen) atoms. The van der Waals surface area contributed by atoms with Crippen LogP contribution < -0.4 is 0 Å². The summed E-state index contributed by atoms with van der Waals surface area (Å²) in [7, 11) is 0. The summed E-state index contributed by atoms with van der Waals surface area (Å²) in [6.07, 6.45) is 3.14. The second-order valence-corrected chi connectivity index (χ2v) is 6.08. The van der Waals surface area contributed by atoms with Crippen molar-refractivity contribution in [1.29, 1.82) is 0 Å². The maximum Gasteiger partial charge on any atom is 0.310 e. The fraction of sp³-hybridized carbons (Fsp3) is 0.929. The minimum atomic E-state index is -0.661. The van der Waals surface area contributed by atoms with Crippen LogP contribution in [-0.2, 0) is 4.79 Å². The smallest absolute Gasteiger partial charge is 0.310 e. The molecule has 1 fully saturated rings. The molecule has 0 amide bonds. The summed E-state index contributed by atoms with van der Waals surface area (Å²) in [5, 5.41) is 9.28. The van der Waals surface area contributed by atoms with E-state index in [1.807, 2.05) is 13.8 Å². The number of carboxylic acids is 1. The van der Waals surface area contributed by atoms with E-state index in [9.17, 15) is 9.90 Å². The van der Waals surface area contributed by atoms with Crippen molar-refractivity contribution in [1.82, 2.24) is 4.90 Å². The van der Waals surface area contributed by atoms with Gasteiger partial charge in [0.1, 0.15) is 0 Å². The first-order valence-corrected chi connectivity index (χ1v) is 6.85. The van der Waals surface area contributed by atoms with Crippen molar-refractivity contribution in [2.45, 2.75) is 47.0 Å². The number of aliphatic carboxylic acids is 1. The van der Waals surface area contributed by atoms with Gasteiger partial charge >= 0.3 is 5.97 Å². The molecule has 0 radical (unpaired) electrons. The molecule has 1 aliphatic rings. The van der Waals surface area contributed by atoms with Crippen molar-refractivity contribution in [3.05, 3.63) is 0 Å². The Kier molecular flexibility index (Phi) is 4.99. The minimum absolute atomic E-state index is 0.579. The Balaban J connectivity index is 2.47. The third-order valence-corrected chi connectivity index (χ3v) is 4.44. The van der Waals surface area contributed by atoms with Crippen LogP contribution in [0.15, 0.2) is 0 Å². The number of likely N-dealkylation sites (tertiary alicyclic amines) is 1. The van der Waals surface area contributed by atoms with E-state index in [4.69, 9.17) is 0 Å². The maximum absolute atomic E-state index is 11.3. The summed E-state index contributed by atoms with van der Waals surface area (Å²) in [6.45, 7) is 11.2. The Bertz CT molecular complexity index is 257. The van der Waals surface area contributed by atoms with Gasteiger partial charge in [0.25, 0.3) is 0 Å². The van der Waals surface area contributed by atoms with E-state index >= 15 is 0 Å². The number of hydrogen-bond donors (Lipinski definition) is 1. The van der Waals surface area contributed by atoms with Crippen molar-refractivity contribution in [2.75, 3.05) is 19.6 Å². The SMILES string of the molecule is CCC(C)(CN1CCC(C(C)C)CC1)C(=O)O. The molecular weight excluding hydrogens is 214 g/mol. The number of carboxylic acid groups (broad SMARTS) is 1. The molecule has 1 unspecified atom stereocenters. The highest BCUT2D eigenvalue weighted by Gasteiger charge is 2.34. The second-order valence-electron chi connectivity index (χ2n) is 6.08. The first-order chi connectivity index (χ1) is 7.89. The summed E-state index contributed by atoms with van der Waals surface area (Å²) >= 11 is 0. The van der Waals surface area contributed by atoms with Gasteiger partial charge in [-0.15, -0.1) is 0 Å². The lowest BCUT2D eigenvalue weighted by molar-refractivity contribution is -0.149. The molecule has 1 heterocycles. The molecule has 0 spiro atoms. The highest BCUT2D eigenvalue weighted by Crippen LogP contribution is 2.28. The standard InChI is InChI=1S/C14H27NO2/c1-5-14(4,13(16)17)10-15-8-6-12(7-9-15)11(2)3/h11-12H,5-10H2,1-4H3,(H,16,17). The van der Waals surface area contributed by atoms with Gasteiger partial charge in [-0.2, -0.15) is 0 Å². The third kappa shape index (κ3) is 3.70. The van der Waals surface area contributed by atoms with Crippen molar-refractivity contribution in [3.8, 4) is 0 Å². The minimum Gasteiger partial charge on any atom is -0.481 e. The van der Waals surface area contributed by atoms with E-state index in [0.29, 0.717) is 13.0 Å². The Morgan fingerprint density at radius 3 is 2.29 bits per heavy atom. The fourth-order valence-electron chi connectivity index (χ4n) is 2.60. The highest BCUT2D eigenvalue weighted by atomic mass is 16.4. The van der Waals surface area contributed by atoms with Crippen LogP contribution in [-0.4, -0.2) is 35.6 Å². The van der Waals surface area contributed by atoms with Crippen molar-refractivity contribution in [3.63, 3.8) is 0 Å². The molecule has 0 aromatic rings. The molecule has 3 heteroatoms. The van der Waals surface area contributed by atoms with E-state index in [-0.39, 0.29) is 0 Å². The van der Waals surface area contributed by atoms with Gasteiger partial charge < -0.3 is 10.0 Å². The predicted octanol–water partition coefficient (Wildman–Crippen LogP) is 2.86. The zero-order valence-corrected chi connectivity index (χ0v) is 11.7. The first-order valence-electron chi connectivity index (χ1n) is 6.85. The van der Waals surface area contributed by atoms with Crippen LogP contribution in [0.5, 0.6) is 0 Å². The van der Waals surface area contributed by atoms with Gasteiger partial charge in [-0.3, -0.25) is 4.79 Å². The van der Waals surface area contributed by atoms with Crippen LogP contribution in [0.25, 0.3) is 0 Å². The molecular formula is C14H27NO2. The van der Waals surface area contributed by atoms with E-state index in [0.717, 1.165) is 24.9 Å². The Hall–Kier alpha value is -0.570. The molecule has 0 aliphatic carbocycles. The van der Waals surface area contributed by atoms with Crippen LogP contribution >= 0.6 is 0 Å². The number of carbonyl (C=O) groups is 1. The molecule has 100 valence electrons. The topological polar surface area (TPSA) is 40.5 Å². The molecule has 1 aliphatic heterocycles. The van der Waals surface area contributed by atoms with Crippen LogP contribution in [0.2, 0.25) is 0 Å². The van der Waals surface area contributed by atoms with Crippen LogP contribution in [0, 0.1) is 17.3 Å². The lowest BCUT2D eigenvalue weighted by Gasteiger charge is -2.37. The summed E-state index contributed by atoms with van der Waals surface area (Å²) in [6, 6.07) is 0. The average molecular weight is 241 g/mol. The Morgan fingerprint density at radius 2 is 1.94 bits per heavy atom. The zero-order chi connectivity index (χ0) is 13.1. The molecule has 0 bridgehead atoms. The molecule has 1 saturated heterocycles. The van der Waals surface area contributed by atoms with Crippen LogP contribution in [0.3, 0.4) is 0 Å². The third-order valence-electron chi connectivity index (χ3n) is 4.44. The number of nitrogens with zero attached hydrogens (tertiary/aromatic N) is 1.